The molecule has 1 aliphatic heterocycles. The number of thioether (sulfide) groups is 1. The van der Waals surface area contributed by atoms with Crippen LogP contribution in [0.5, 0.6) is 0 Å². The van der Waals surface area contributed by atoms with Crippen LogP contribution in [0.15, 0.2) is 29.4 Å². The van der Waals surface area contributed by atoms with Crippen molar-refractivity contribution in [1.29, 1.82) is 0 Å². The van der Waals surface area contributed by atoms with Crippen LogP contribution in [0.3, 0.4) is 0 Å². The Morgan fingerprint density at radius 3 is 2.79 bits per heavy atom. The second-order valence-corrected chi connectivity index (χ2v) is 8.17. The number of amides is 1. The number of halogens is 1. The topological polar surface area (TPSA) is 68.8 Å². The summed E-state index contributed by atoms with van der Waals surface area (Å²) in [6.07, 6.45) is 3.05. The predicted octanol–water partition coefficient (Wildman–Crippen LogP) is 3.20. The van der Waals surface area contributed by atoms with Crippen molar-refractivity contribution in [2.75, 3.05) is 12.8 Å². The number of carbonyl (C=O) groups excluding carboxylic acids is 1. The average Bonchev–Trinajstić information content (AvgIpc) is 3.29. The Morgan fingerprint density at radius 2 is 2.07 bits per heavy atom. The van der Waals surface area contributed by atoms with Crippen LogP contribution >= 0.6 is 23.4 Å². The van der Waals surface area contributed by atoms with Gasteiger partial charge in [0.2, 0.25) is 5.91 Å². The largest absolute Gasteiger partial charge is 0.338 e. The number of hydrogen-bond acceptors (Lipinski definition) is 5. The summed E-state index contributed by atoms with van der Waals surface area (Å²) >= 11 is 7.81. The molecule has 29 heavy (non-hydrogen) atoms. The van der Waals surface area contributed by atoms with E-state index in [4.69, 9.17) is 16.7 Å². The zero-order valence-corrected chi connectivity index (χ0v) is 18.3. The fourth-order valence-electron chi connectivity index (χ4n) is 3.80. The summed E-state index contributed by atoms with van der Waals surface area (Å²) in [5.41, 5.74) is 3.87. The Balaban J connectivity index is 1.63. The third-order valence-corrected chi connectivity index (χ3v) is 6.36. The number of aryl methyl sites for hydroxylation is 1. The standard InChI is InChI=1S/C20H23ClN6OS/c1-4-27-19(22-23-20(27)29-3)18-14-12-26(10-9-16(14)25(2)24-18)17(28)11-13-7-5-6-8-15(13)21/h5-8H,4,9-12H2,1-3H3. The Hall–Kier alpha value is -2.32. The van der Waals surface area contributed by atoms with E-state index < -0.39 is 0 Å². The van der Waals surface area contributed by atoms with Crippen LogP contribution < -0.4 is 0 Å². The average molecular weight is 431 g/mol. The molecule has 4 rings (SSSR count). The normalized spacial score (nSPS) is 13.6. The number of rotatable bonds is 5. The Labute approximate surface area is 179 Å². The lowest BCUT2D eigenvalue weighted by atomic mass is 10.0. The fraction of sp³-hybridized carbons (Fsp3) is 0.400. The van der Waals surface area contributed by atoms with Crippen molar-refractivity contribution in [3.8, 4) is 11.5 Å². The first kappa shape index (κ1) is 20.0. The van der Waals surface area contributed by atoms with E-state index in [1.807, 2.05) is 47.2 Å². The third-order valence-electron chi connectivity index (χ3n) is 5.32. The summed E-state index contributed by atoms with van der Waals surface area (Å²) in [5.74, 6) is 0.828. The molecule has 0 unspecified atom stereocenters. The molecular formula is C20H23ClN6OS. The monoisotopic (exact) mass is 430 g/mol. The molecule has 3 aromatic rings. The van der Waals surface area contributed by atoms with Crippen LogP contribution in [-0.4, -0.2) is 48.2 Å². The molecule has 1 aromatic carbocycles. The molecule has 1 amide bonds. The lowest BCUT2D eigenvalue weighted by molar-refractivity contribution is -0.131. The molecule has 0 fully saturated rings. The molecule has 2 aromatic heterocycles. The Morgan fingerprint density at radius 1 is 1.28 bits per heavy atom. The van der Waals surface area contributed by atoms with Gasteiger partial charge in [0.15, 0.2) is 11.0 Å². The molecule has 0 bridgehead atoms. The smallest absolute Gasteiger partial charge is 0.227 e. The number of carbonyl (C=O) groups is 1. The second kappa shape index (κ2) is 8.20. The lowest BCUT2D eigenvalue weighted by Gasteiger charge is -2.28. The summed E-state index contributed by atoms with van der Waals surface area (Å²) in [4.78, 5) is 14.8. The minimum atomic E-state index is 0.0697. The van der Waals surface area contributed by atoms with E-state index in [9.17, 15) is 4.79 Å². The van der Waals surface area contributed by atoms with E-state index in [0.29, 0.717) is 24.5 Å². The van der Waals surface area contributed by atoms with Gasteiger partial charge in [0.05, 0.1) is 6.42 Å². The highest BCUT2D eigenvalue weighted by atomic mass is 35.5. The van der Waals surface area contributed by atoms with Crippen LogP contribution in [0, 0.1) is 0 Å². The Bertz CT molecular complexity index is 1060. The maximum atomic E-state index is 13.0. The number of nitrogens with zero attached hydrogens (tertiary/aromatic N) is 6. The molecule has 0 saturated heterocycles. The Kier molecular flexibility index (Phi) is 5.65. The molecular weight excluding hydrogens is 408 g/mol. The van der Waals surface area contributed by atoms with Gasteiger partial charge in [-0.25, -0.2) is 0 Å². The molecule has 0 radical (unpaired) electrons. The zero-order valence-electron chi connectivity index (χ0n) is 16.7. The minimum absolute atomic E-state index is 0.0697. The van der Waals surface area contributed by atoms with E-state index in [2.05, 4.69) is 21.7 Å². The lowest BCUT2D eigenvalue weighted by Crippen LogP contribution is -2.37. The number of aromatic nitrogens is 5. The van der Waals surface area contributed by atoms with Crippen molar-refractivity contribution < 1.29 is 4.79 Å². The number of hydrogen-bond donors (Lipinski definition) is 0. The van der Waals surface area contributed by atoms with Gasteiger partial charge in [-0.2, -0.15) is 5.10 Å². The van der Waals surface area contributed by atoms with Gasteiger partial charge >= 0.3 is 0 Å². The molecule has 0 saturated carbocycles. The summed E-state index contributed by atoms with van der Waals surface area (Å²) in [6.45, 7) is 4.03. The molecule has 0 atom stereocenters. The summed E-state index contributed by atoms with van der Waals surface area (Å²) in [7, 11) is 1.95. The van der Waals surface area contributed by atoms with Crippen molar-refractivity contribution in [2.24, 2.45) is 7.05 Å². The summed E-state index contributed by atoms with van der Waals surface area (Å²) in [5, 5.41) is 14.9. The van der Waals surface area contributed by atoms with Crippen LogP contribution in [0.4, 0.5) is 0 Å². The van der Waals surface area contributed by atoms with Crippen molar-refractivity contribution in [3.63, 3.8) is 0 Å². The van der Waals surface area contributed by atoms with E-state index in [0.717, 1.165) is 46.5 Å². The quantitative estimate of drug-likeness (QED) is 0.581. The highest BCUT2D eigenvalue weighted by Crippen LogP contribution is 2.31. The van der Waals surface area contributed by atoms with Gasteiger partial charge in [-0.1, -0.05) is 41.6 Å². The van der Waals surface area contributed by atoms with Gasteiger partial charge < -0.3 is 9.47 Å². The van der Waals surface area contributed by atoms with Gasteiger partial charge in [-0.05, 0) is 24.8 Å². The van der Waals surface area contributed by atoms with Crippen LogP contribution in [0.2, 0.25) is 5.02 Å². The first-order valence-electron chi connectivity index (χ1n) is 9.57. The van der Waals surface area contributed by atoms with E-state index in [1.54, 1.807) is 11.8 Å². The van der Waals surface area contributed by atoms with E-state index >= 15 is 0 Å². The van der Waals surface area contributed by atoms with Crippen LogP contribution in [-0.2, 0) is 37.8 Å². The van der Waals surface area contributed by atoms with Crippen molar-refractivity contribution in [2.45, 2.75) is 38.0 Å². The minimum Gasteiger partial charge on any atom is -0.338 e. The van der Waals surface area contributed by atoms with E-state index in [-0.39, 0.29) is 5.91 Å². The molecule has 3 heterocycles. The van der Waals surface area contributed by atoms with Crippen LogP contribution in [0.1, 0.15) is 23.7 Å². The van der Waals surface area contributed by atoms with Gasteiger partial charge in [0.1, 0.15) is 5.69 Å². The highest BCUT2D eigenvalue weighted by molar-refractivity contribution is 7.98. The molecule has 0 N–H and O–H groups in total. The van der Waals surface area contributed by atoms with Gasteiger partial charge in [0, 0.05) is 49.4 Å². The first-order valence-corrected chi connectivity index (χ1v) is 11.2. The summed E-state index contributed by atoms with van der Waals surface area (Å²) in [6, 6.07) is 7.50. The maximum absolute atomic E-state index is 13.0. The first-order chi connectivity index (χ1) is 14.0. The van der Waals surface area contributed by atoms with Crippen molar-refractivity contribution >= 4 is 29.3 Å². The zero-order chi connectivity index (χ0) is 20.5. The summed E-state index contributed by atoms with van der Waals surface area (Å²) < 4.78 is 3.98. The maximum Gasteiger partial charge on any atom is 0.227 e. The SMILES string of the molecule is CCn1c(SC)nnc1-c1nn(C)c2c1CN(C(=O)Cc1ccccc1Cl)CC2. The fourth-order valence-corrected chi connectivity index (χ4v) is 4.56. The van der Waals surface area contributed by atoms with Crippen molar-refractivity contribution in [3.05, 3.63) is 46.1 Å². The van der Waals surface area contributed by atoms with Crippen LogP contribution in [0.25, 0.3) is 11.5 Å². The molecule has 152 valence electrons. The highest BCUT2D eigenvalue weighted by Gasteiger charge is 2.29. The second-order valence-electron chi connectivity index (χ2n) is 6.99. The van der Waals surface area contributed by atoms with Gasteiger partial charge in [-0.3, -0.25) is 9.48 Å². The third kappa shape index (κ3) is 3.67. The molecule has 0 spiro atoms. The number of benzene rings is 1. The molecule has 1 aliphatic rings. The molecule has 9 heteroatoms. The molecule has 0 aliphatic carbocycles. The van der Waals surface area contributed by atoms with Gasteiger partial charge in [-0.15, -0.1) is 10.2 Å². The van der Waals surface area contributed by atoms with Gasteiger partial charge in [0.25, 0.3) is 0 Å². The predicted molar refractivity (Wildman–Crippen MR) is 114 cm³/mol. The van der Waals surface area contributed by atoms with E-state index in [1.165, 1.54) is 0 Å². The van der Waals surface area contributed by atoms with Crippen molar-refractivity contribution in [1.82, 2.24) is 29.4 Å². The number of fused-ring (bicyclic) bond motifs is 1. The molecule has 7 nitrogen and oxygen atoms in total.